The number of nitriles is 1. The highest BCUT2D eigenvalue weighted by atomic mass is 35.5. The Morgan fingerprint density at radius 1 is 0.828 bits per heavy atom. The molecular weight excluding hydrogens is 401 g/mol. The molecule has 0 amide bonds. The maximum Gasteiger partial charge on any atom is 0.140 e. The van der Waals surface area contributed by atoms with Gasteiger partial charge in [-0.25, -0.2) is 0 Å². The molecule has 2 aromatic carbocycles. The van der Waals surface area contributed by atoms with Crippen LogP contribution in [0.15, 0.2) is 36.4 Å². The predicted octanol–water partition coefficient (Wildman–Crippen LogP) is 4.69. The first-order chi connectivity index (χ1) is 14.2. The average molecular weight is 412 g/mol. The summed E-state index contributed by atoms with van der Waals surface area (Å²) in [5.74, 6) is 20.6. The van der Waals surface area contributed by atoms with Crippen molar-refractivity contribution in [2.24, 2.45) is 0 Å². The number of nitrogens with zero attached hydrogens (tertiary/aromatic N) is 1. The van der Waals surface area contributed by atoms with E-state index in [0.717, 1.165) is 22.3 Å². The lowest BCUT2D eigenvalue weighted by atomic mass is 9.95. The fourth-order valence-electron chi connectivity index (χ4n) is 2.29. The fraction of sp³-hybridized carbons (Fsp3) is 0.0800. The van der Waals surface area contributed by atoms with E-state index in [1.807, 2.05) is 18.2 Å². The molecule has 2 rings (SSSR count). The monoisotopic (exact) mass is 411 g/mol. The van der Waals surface area contributed by atoms with Crippen LogP contribution in [-0.4, -0.2) is 0 Å². The molecule has 0 radical (unpaired) electrons. The molecule has 0 saturated heterocycles. The van der Waals surface area contributed by atoms with Gasteiger partial charge in [-0.15, -0.1) is 29.6 Å². The molecular formula is C25H11Cl2NO. The highest BCUT2D eigenvalue weighted by molar-refractivity contribution is 6.18. The summed E-state index contributed by atoms with van der Waals surface area (Å²) < 4.78 is 5.32. The van der Waals surface area contributed by atoms with Crippen molar-refractivity contribution in [3.05, 3.63) is 53.1 Å². The molecule has 0 aliphatic rings. The van der Waals surface area contributed by atoms with Gasteiger partial charge >= 0.3 is 0 Å². The number of benzene rings is 2. The maximum absolute atomic E-state index is 9.24. The van der Waals surface area contributed by atoms with Crippen LogP contribution in [0, 0.1) is 71.2 Å². The van der Waals surface area contributed by atoms with Crippen LogP contribution < -0.4 is 4.74 Å². The van der Waals surface area contributed by atoms with Crippen molar-refractivity contribution in [3.8, 4) is 82.8 Å². The Morgan fingerprint density at radius 2 is 1.45 bits per heavy atom. The van der Waals surface area contributed by atoms with E-state index in [-0.39, 0.29) is 11.8 Å². The summed E-state index contributed by atoms with van der Waals surface area (Å²) >= 11 is 12.0. The molecule has 29 heavy (non-hydrogen) atoms. The lowest BCUT2D eigenvalue weighted by Gasteiger charge is -2.11. The van der Waals surface area contributed by atoms with Crippen molar-refractivity contribution >= 4 is 23.2 Å². The van der Waals surface area contributed by atoms with Gasteiger partial charge in [0.15, 0.2) is 0 Å². The molecule has 0 bridgehead atoms. The van der Waals surface area contributed by atoms with Gasteiger partial charge in [0, 0.05) is 35.4 Å². The first-order valence-electron chi connectivity index (χ1n) is 8.14. The third-order valence-electron chi connectivity index (χ3n) is 3.57. The molecule has 0 spiro atoms. The Labute approximate surface area is 180 Å². The Morgan fingerprint density at radius 3 is 2.03 bits per heavy atom. The Bertz CT molecular complexity index is 1230. The molecule has 0 aromatic heterocycles. The summed E-state index contributed by atoms with van der Waals surface area (Å²) in [6, 6.07) is 13.1. The number of rotatable bonds is 4. The van der Waals surface area contributed by atoms with E-state index in [1.165, 1.54) is 0 Å². The Kier molecular flexibility index (Phi) is 8.67. The van der Waals surface area contributed by atoms with E-state index >= 15 is 0 Å². The number of terminal acetylenes is 1. The van der Waals surface area contributed by atoms with Gasteiger partial charge in [0.1, 0.15) is 11.9 Å². The molecule has 4 heteroatoms. The van der Waals surface area contributed by atoms with Crippen LogP contribution in [0.2, 0.25) is 0 Å². The fourth-order valence-corrected chi connectivity index (χ4v) is 2.73. The predicted molar refractivity (Wildman–Crippen MR) is 116 cm³/mol. The molecule has 0 saturated carbocycles. The maximum atomic E-state index is 9.24. The first kappa shape index (κ1) is 21.4. The average Bonchev–Trinajstić information content (AvgIpc) is 2.77. The van der Waals surface area contributed by atoms with E-state index in [0.29, 0.717) is 11.3 Å². The van der Waals surface area contributed by atoms with Gasteiger partial charge in [-0.1, -0.05) is 12.1 Å². The zero-order valence-corrected chi connectivity index (χ0v) is 16.6. The van der Waals surface area contributed by atoms with E-state index in [1.54, 1.807) is 18.2 Å². The van der Waals surface area contributed by atoms with E-state index in [2.05, 4.69) is 59.5 Å². The normalized spacial score (nSPS) is 8.14. The minimum Gasteiger partial charge on any atom is -0.407 e. The van der Waals surface area contributed by atoms with Crippen LogP contribution in [0.5, 0.6) is 5.75 Å². The summed E-state index contributed by atoms with van der Waals surface area (Å²) in [5.41, 5.74) is 4.00. The van der Waals surface area contributed by atoms with Gasteiger partial charge in [-0.3, -0.25) is 0 Å². The summed E-state index contributed by atoms with van der Waals surface area (Å²) in [6.45, 7) is 0. The number of alkyl halides is 2. The largest absolute Gasteiger partial charge is 0.407 e. The minimum atomic E-state index is 0.247. The summed E-state index contributed by atoms with van der Waals surface area (Å²) in [5, 5.41) is 9.24. The standard InChI is InChI=1S/C25H11Cl2NO/c1-2-3-4-5-6-7-8-9-14-29-24-12-10-20(11-13-24)25-16-21(17-26)23(19-28)15-22(25)18-27/h1,10-13,15-16H,17-18H2. The SMILES string of the molecule is C#CC#CC#CC#CC#COc1ccc(-c2cc(CCl)c(C#N)cc2CCl)cc1. The van der Waals surface area contributed by atoms with Crippen molar-refractivity contribution in [1.82, 2.24) is 0 Å². The first-order valence-corrected chi connectivity index (χ1v) is 9.21. The minimum absolute atomic E-state index is 0.247. The van der Waals surface area contributed by atoms with Crippen molar-refractivity contribution in [2.45, 2.75) is 11.8 Å². The molecule has 0 fully saturated rings. The van der Waals surface area contributed by atoms with Crippen LogP contribution in [0.4, 0.5) is 0 Å². The molecule has 136 valence electrons. The molecule has 0 heterocycles. The highest BCUT2D eigenvalue weighted by Gasteiger charge is 2.11. The van der Waals surface area contributed by atoms with Crippen LogP contribution in [0.1, 0.15) is 16.7 Å². The zero-order chi connectivity index (χ0) is 20.9. The molecule has 2 aromatic rings. The second-order valence-electron chi connectivity index (χ2n) is 5.29. The van der Waals surface area contributed by atoms with Gasteiger partial charge in [0.2, 0.25) is 0 Å². The number of halogens is 2. The Balaban J connectivity index is 2.15. The zero-order valence-electron chi connectivity index (χ0n) is 15.1. The van der Waals surface area contributed by atoms with Crippen molar-refractivity contribution < 1.29 is 4.74 Å². The van der Waals surface area contributed by atoms with Gasteiger partial charge in [-0.05, 0) is 70.2 Å². The smallest absolute Gasteiger partial charge is 0.140 e. The lowest BCUT2D eigenvalue weighted by Crippen LogP contribution is -1.94. The lowest BCUT2D eigenvalue weighted by molar-refractivity contribution is 0.520. The highest BCUT2D eigenvalue weighted by Crippen LogP contribution is 2.30. The van der Waals surface area contributed by atoms with Crippen LogP contribution in [-0.2, 0) is 11.8 Å². The van der Waals surface area contributed by atoms with E-state index in [9.17, 15) is 5.26 Å². The summed E-state index contributed by atoms with van der Waals surface area (Å²) in [7, 11) is 0. The molecule has 0 aliphatic carbocycles. The second kappa shape index (κ2) is 11.7. The quantitative estimate of drug-likeness (QED) is 0.540. The van der Waals surface area contributed by atoms with Crippen molar-refractivity contribution in [3.63, 3.8) is 0 Å². The molecule has 0 unspecified atom stereocenters. The van der Waals surface area contributed by atoms with E-state index in [4.69, 9.17) is 34.4 Å². The topological polar surface area (TPSA) is 33.0 Å². The van der Waals surface area contributed by atoms with Crippen LogP contribution in [0.25, 0.3) is 11.1 Å². The number of hydrogen-bond donors (Lipinski definition) is 0. The third-order valence-corrected chi connectivity index (χ3v) is 4.15. The van der Waals surface area contributed by atoms with Crippen LogP contribution >= 0.6 is 23.2 Å². The molecule has 0 aliphatic heterocycles. The van der Waals surface area contributed by atoms with Crippen molar-refractivity contribution in [2.75, 3.05) is 0 Å². The van der Waals surface area contributed by atoms with Gasteiger partial charge in [0.05, 0.1) is 11.6 Å². The summed E-state index contributed by atoms with van der Waals surface area (Å²) in [4.78, 5) is 0. The summed E-state index contributed by atoms with van der Waals surface area (Å²) in [6.07, 6.45) is 7.44. The molecule has 0 atom stereocenters. The van der Waals surface area contributed by atoms with Gasteiger partial charge in [-0.2, -0.15) is 5.26 Å². The van der Waals surface area contributed by atoms with Crippen LogP contribution in [0.3, 0.4) is 0 Å². The molecule has 0 N–H and O–H groups in total. The molecule has 2 nitrogen and oxygen atoms in total. The third kappa shape index (κ3) is 6.34. The Hall–Kier alpha value is -3.89. The van der Waals surface area contributed by atoms with Crippen molar-refractivity contribution in [1.29, 1.82) is 5.26 Å². The van der Waals surface area contributed by atoms with Gasteiger partial charge in [0.25, 0.3) is 0 Å². The number of ether oxygens (including phenoxy) is 1. The van der Waals surface area contributed by atoms with E-state index < -0.39 is 0 Å². The van der Waals surface area contributed by atoms with Gasteiger partial charge < -0.3 is 4.74 Å². The number of hydrogen-bond acceptors (Lipinski definition) is 2. The second-order valence-corrected chi connectivity index (χ2v) is 5.83.